The highest BCUT2D eigenvalue weighted by atomic mass is 79.9. The van der Waals surface area contributed by atoms with Crippen molar-refractivity contribution in [1.82, 2.24) is 15.0 Å². The number of nitrogens with zero attached hydrogens (tertiary/aromatic N) is 3. The molecular formula is C20H18BrN3O2. The Morgan fingerprint density at radius 1 is 1.23 bits per heavy atom. The third-order valence-corrected chi connectivity index (χ3v) is 4.54. The Labute approximate surface area is 160 Å². The molecule has 0 saturated carbocycles. The lowest BCUT2D eigenvalue weighted by Crippen LogP contribution is -2.31. The van der Waals surface area contributed by atoms with Gasteiger partial charge in [-0.25, -0.2) is 0 Å². The van der Waals surface area contributed by atoms with Gasteiger partial charge in [0.1, 0.15) is 6.54 Å². The summed E-state index contributed by atoms with van der Waals surface area (Å²) in [5, 5.41) is 4.02. The Bertz CT molecular complexity index is 919. The molecule has 1 heterocycles. The molecule has 26 heavy (non-hydrogen) atoms. The molecule has 3 aromatic rings. The number of amides is 1. The molecule has 0 atom stereocenters. The minimum absolute atomic E-state index is 0.132. The summed E-state index contributed by atoms with van der Waals surface area (Å²) in [5.74, 6) is 0.752. The van der Waals surface area contributed by atoms with E-state index >= 15 is 0 Å². The van der Waals surface area contributed by atoms with Crippen molar-refractivity contribution < 1.29 is 9.32 Å². The van der Waals surface area contributed by atoms with Crippen molar-refractivity contribution in [2.75, 3.05) is 6.54 Å². The molecule has 0 bridgehead atoms. The maximum Gasteiger partial charge on any atom is 0.255 e. The van der Waals surface area contributed by atoms with Gasteiger partial charge in [0.05, 0.1) is 5.56 Å². The van der Waals surface area contributed by atoms with Crippen LogP contribution in [0.3, 0.4) is 0 Å². The molecule has 3 rings (SSSR count). The number of hydrogen-bond donors (Lipinski definition) is 0. The maximum absolute atomic E-state index is 12.8. The van der Waals surface area contributed by atoms with Gasteiger partial charge in [-0.15, -0.1) is 6.58 Å². The monoisotopic (exact) mass is 411 g/mol. The van der Waals surface area contributed by atoms with Crippen molar-refractivity contribution in [3.63, 3.8) is 0 Å². The molecule has 0 unspecified atom stereocenters. The summed E-state index contributed by atoms with van der Waals surface area (Å²) in [7, 11) is 0. The van der Waals surface area contributed by atoms with Crippen LogP contribution in [-0.4, -0.2) is 27.5 Å². The van der Waals surface area contributed by atoms with Crippen molar-refractivity contribution in [2.45, 2.75) is 13.5 Å². The van der Waals surface area contributed by atoms with Crippen LogP contribution in [0.5, 0.6) is 0 Å². The number of carbonyl (C=O) groups is 1. The fourth-order valence-electron chi connectivity index (χ4n) is 2.48. The smallest absolute Gasteiger partial charge is 0.255 e. The summed E-state index contributed by atoms with van der Waals surface area (Å²) in [5.41, 5.74) is 2.61. The van der Waals surface area contributed by atoms with Gasteiger partial charge in [0.25, 0.3) is 5.91 Å². The normalized spacial score (nSPS) is 10.5. The van der Waals surface area contributed by atoms with E-state index < -0.39 is 0 Å². The van der Waals surface area contributed by atoms with Crippen molar-refractivity contribution in [1.29, 1.82) is 0 Å². The Morgan fingerprint density at radius 2 is 1.96 bits per heavy atom. The van der Waals surface area contributed by atoms with E-state index in [1.54, 1.807) is 17.0 Å². The first-order chi connectivity index (χ1) is 12.6. The fourth-order valence-corrected chi connectivity index (χ4v) is 2.94. The summed E-state index contributed by atoms with van der Waals surface area (Å²) >= 11 is 3.42. The largest absolute Gasteiger partial charge is 0.337 e. The van der Waals surface area contributed by atoms with E-state index in [1.165, 1.54) is 0 Å². The molecule has 0 saturated heterocycles. The molecule has 0 aliphatic rings. The van der Waals surface area contributed by atoms with Crippen LogP contribution in [0.4, 0.5) is 0 Å². The molecule has 132 valence electrons. The second-order valence-electron chi connectivity index (χ2n) is 5.83. The maximum atomic E-state index is 12.8. The van der Waals surface area contributed by atoms with Gasteiger partial charge in [-0.05, 0) is 35.0 Å². The Kier molecular flexibility index (Phi) is 5.63. The van der Waals surface area contributed by atoms with Gasteiger partial charge in [-0.1, -0.05) is 53.2 Å². The van der Waals surface area contributed by atoms with E-state index in [2.05, 4.69) is 32.6 Å². The summed E-state index contributed by atoms with van der Waals surface area (Å²) in [6.45, 7) is 6.34. The first kappa shape index (κ1) is 18.1. The van der Waals surface area contributed by atoms with E-state index in [4.69, 9.17) is 4.52 Å². The number of rotatable bonds is 6. The molecule has 0 spiro atoms. The number of hydrogen-bond acceptors (Lipinski definition) is 4. The van der Waals surface area contributed by atoms with Gasteiger partial charge >= 0.3 is 0 Å². The highest BCUT2D eigenvalue weighted by Gasteiger charge is 2.20. The van der Waals surface area contributed by atoms with Crippen molar-refractivity contribution >= 4 is 21.8 Å². The van der Waals surface area contributed by atoms with Gasteiger partial charge in [-0.2, -0.15) is 4.98 Å². The van der Waals surface area contributed by atoms with Gasteiger partial charge in [0, 0.05) is 16.6 Å². The van der Waals surface area contributed by atoms with Crippen LogP contribution >= 0.6 is 15.9 Å². The molecule has 0 aliphatic heterocycles. The van der Waals surface area contributed by atoms with Crippen molar-refractivity contribution in [3.05, 3.63) is 82.7 Å². The topological polar surface area (TPSA) is 59.2 Å². The molecule has 1 amide bonds. The van der Waals surface area contributed by atoms with Crippen LogP contribution in [0.15, 0.2) is 70.2 Å². The highest BCUT2D eigenvalue weighted by molar-refractivity contribution is 9.10. The van der Waals surface area contributed by atoms with E-state index in [-0.39, 0.29) is 12.5 Å². The molecule has 2 aromatic carbocycles. The Balaban J connectivity index is 1.80. The third kappa shape index (κ3) is 4.08. The molecular weight excluding hydrogens is 394 g/mol. The van der Waals surface area contributed by atoms with Crippen LogP contribution in [0.2, 0.25) is 0 Å². The van der Waals surface area contributed by atoms with Gasteiger partial charge in [-0.3, -0.25) is 4.79 Å². The van der Waals surface area contributed by atoms with Gasteiger partial charge in [0.15, 0.2) is 0 Å². The standard InChI is InChI=1S/C20H18BrN3O2/c1-3-12-24(20(25)16-6-4-5-7-17(16)21)13-18-22-19(23-26-18)15-10-8-14(2)9-11-15/h3-11H,1,12-13H2,2H3. The molecule has 0 fully saturated rings. The quantitative estimate of drug-likeness (QED) is 0.554. The first-order valence-electron chi connectivity index (χ1n) is 8.13. The summed E-state index contributed by atoms with van der Waals surface area (Å²) in [6, 6.07) is 15.2. The van der Waals surface area contributed by atoms with E-state index in [9.17, 15) is 4.79 Å². The second-order valence-corrected chi connectivity index (χ2v) is 6.69. The van der Waals surface area contributed by atoms with E-state index in [1.807, 2.05) is 49.4 Å². The van der Waals surface area contributed by atoms with Crippen LogP contribution in [-0.2, 0) is 6.54 Å². The van der Waals surface area contributed by atoms with Gasteiger partial charge < -0.3 is 9.42 Å². The average molecular weight is 412 g/mol. The summed E-state index contributed by atoms with van der Waals surface area (Å²) in [4.78, 5) is 18.9. The predicted molar refractivity (Wildman–Crippen MR) is 104 cm³/mol. The average Bonchev–Trinajstić information content (AvgIpc) is 3.10. The molecule has 0 N–H and O–H groups in total. The summed E-state index contributed by atoms with van der Waals surface area (Å²) < 4.78 is 6.08. The van der Waals surface area contributed by atoms with Gasteiger partial charge in [0.2, 0.25) is 11.7 Å². The number of carbonyl (C=O) groups excluding carboxylic acids is 1. The van der Waals surface area contributed by atoms with Crippen LogP contribution in [0, 0.1) is 6.92 Å². The molecule has 0 aliphatic carbocycles. The van der Waals surface area contributed by atoms with Crippen LogP contribution in [0.1, 0.15) is 21.8 Å². The molecule has 0 radical (unpaired) electrons. The predicted octanol–water partition coefficient (Wildman–Crippen LogP) is 4.64. The van der Waals surface area contributed by atoms with Crippen LogP contribution < -0.4 is 0 Å². The minimum Gasteiger partial charge on any atom is -0.337 e. The number of benzene rings is 2. The fraction of sp³-hybridized carbons (Fsp3) is 0.150. The number of aryl methyl sites for hydroxylation is 1. The lowest BCUT2D eigenvalue weighted by atomic mass is 10.1. The zero-order valence-corrected chi connectivity index (χ0v) is 15.9. The second kappa shape index (κ2) is 8.10. The Hall–Kier alpha value is -2.73. The zero-order valence-electron chi connectivity index (χ0n) is 14.4. The third-order valence-electron chi connectivity index (χ3n) is 3.84. The SMILES string of the molecule is C=CCN(Cc1nc(-c2ccc(C)cc2)no1)C(=O)c1ccccc1Br. The van der Waals surface area contributed by atoms with E-state index in [0.29, 0.717) is 23.8 Å². The van der Waals surface area contributed by atoms with E-state index in [0.717, 1.165) is 15.6 Å². The summed E-state index contributed by atoms with van der Waals surface area (Å²) in [6.07, 6.45) is 1.67. The lowest BCUT2D eigenvalue weighted by molar-refractivity contribution is 0.0744. The first-order valence-corrected chi connectivity index (χ1v) is 8.92. The minimum atomic E-state index is -0.132. The van der Waals surface area contributed by atoms with Crippen LogP contribution in [0.25, 0.3) is 11.4 Å². The zero-order chi connectivity index (χ0) is 18.5. The molecule has 5 nitrogen and oxygen atoms in total. The molecule has 1 aromatic heterocycles. The lowest BCUT2D eigenvalue weighted by Gasteiger charge is -2.19. The molecule has 6 heteroatoms. The number of halogens is 1. The van der Waals surface area contributed by atoms with Crippen molar-refractivity contribution in [3.8, 4) is 11.4 Å². The highest BCUT2D eigenvalue weighted by Crippen LogP contribution is 2.20. The number of aromatic nitrogens is 2. The Morgan fingerprint density at radius 3 is 2.65 bits per heavy atom. The van der Waals surface area contributed by atoms with Crippen molar-refractivity contribution in [2.24, 2.45) is 0 Å².